The molecule has 0 saturated carbocycles. The van der Waals surface area contributed by atoms with Gasteiger partial charge in [0.05, 0.1) is 15.7 Å². The topological polar surface area (TPSA) is 55.1 Å². The number of amides is 1. The van der Waals surface area contributed by atoms with E-state index in [1.165, 1.54) is 0 Å². The number of rotatable bonds is 7. The number of halogens is 2. The van der Waals surface area contributed by atoms with Gasteiger partial charge in [0.1, 0.15) is 0 Å². The zero-order chi connectivity index (χ0) is 14.3. The van der Waals surface area contributed by atoms with Crippen LogP contribution in [-0.4, -0.2) is 12.5 Å². The van der Waals surface area contributed by atoms with E-state index in [4.69, 9.17) is 28.9 Å². The van der Waals surface area contributed by atoms with Gasteiger partial charge in [0.2, 0.25) is 5.91 Å². The van der Waals surface area contributed by atoms with Crippen LogP contribution in [0.4, 0.5) is 5.69 Å². The maximum Gasteiger partial charge on any atom is 0.224 e. The number of nitrogens with two attached hydrogens (primary N) is 1. The molecule has 0 aliphatic heterocycles. The molecule has 0 spiro atoms. The molecule has 1 aromatic rings. The number of carbonyl (C=O) groups excluding carboxylic acids is 1. The Balaban J connectivity index is 2.49. The number of benzene rings is 1. The summed E-state index contributed by atoms with van der Waals surface area (Å²) in [5, 5.41) is 3.61. The smallest absolute Gasteiger partial charge is 0.224 e. The van der Waals surface area contributed by atoms with Crippen LogP contribution in [0.5, 0.6) is 0 Å². The SMILES string of the molecule is CCC(CCN)CCC(=O)Nc1cccc(Cl)c1Cl. The molecular formula is C14H20Cl2N2O. The molecule has 1 amide bonds. The van der Waals surface area contributed by atoms with Crippen molar-refractivity contribution in [2.75, 3.05) is 11.9 Å². The first-order valence-electron chi connectivity index (χ1n) is 6.52. The average molecular weight is 303 g/mol. The van der Waals surface area contributed by atoms with Crippen LogP contribution < -0.4 is 11.1 Å². The van der Waals surface area contributed by atoms with Gasteiger partial charge in [0, 0.05) is 6.42 Å². The van der Waals surface area contributed by atoms with Crippen molar-refractivity contribution in [1.82, 2.24) is 0 Å². The molecule has 0 aliphatic carbocycles. The highest BCUT2D eigenvalue weighted by molar-refractivity contribution is 6.43. The van der Waals surface area contributed by atoms with Crippen molar-refractivity contribution in [2.45, 2.75) is 32.6 Å². The van der Waals surface area contributed by atoms with E-state index in [2.05, 4.69) is 12.2 Å². The molecule has 3 nitrogen and oxygen atoms in total. The predicted octanol–water partition coefficient (Wildman–Crippen LogP) is 4.09. The first-order valence-corrected chi connectivity index (χ1v) is 7.28. The van der Waals surface area contributed by atoms with Crippen LogP contribution >= 0.6 is 23.2 Å². The Morgan fingerprint density at radius 1 is 1.37 bits per heavy atom. The molecule has 3 N–H and O–H groups in total. The lowest BCUT2D eigenvalue weighted by molar-refractivity contribution is -0.116. The largest absolute Gasteiger partial charge is 0.330 e. The number of hydrogen-bond donors (Lipinski definition) is 2. The minimum Gasteiger partial charge on any atom is -0.330 e. The van der Waals surface area contributed by atoms with Crippen molar-refractivity contribution in [2.24, 2.45) is 11.7 Å². The fraction of sp³-hybridized carbons (Fsp3) is 0.500. The number of anilines is 1. The Kier molecular flexibility index (Phi) is 7.21. The second kappa shape index (κ2) is 8.41. The molecular weight excluding hydrogens is 283 g/mol. The van der Waals surface area contributed by atoms with Crippen molar-refractivity contribution in [3.63, 3.8) is 0 Å². The summed E-state index contributed by atoms with van der Waals surface area (Å²) in [6.07, 6.45) is 3.32. The number of hydrogen-bond acceptors (Lipinski definition) is 2. The maximum absolute atomic E-state index is 11.9. The van der Waals surface area contributed by atoms with Crippen LogP contribution in [0.1, 0.15) is 32.6 Å². The molecule has 19 heavy (non-hydrogen) atoms. The van der Waals surface area contributed by atoms with E-state index in [1.807, 2.05) is 0 Å². The van der Waals surface area contributed by atoms with Crippen LogP contribution in [0, 0.1) is 5.92 Å². The summed E-state index contributed by atoms with van der Waals surface area (Å²) in [6, 6.07) is 5.18. The van der Waals surface area contributed by atoms with E-state index in [1.54, 1.807) is 18.2 Å². The van der Waals surface area contributed by atoms with Gasteiger partial charge in [-0.2, -0.15) is 0 Å². The summed E-state index contributed by atoms with van der Waals surface area (Å²) in [4.78, 5) is 11.9. The molecule has 0 saturated heterocycles. The van der Waals surface area contributed by atoms with Crippen LogP contribution in [0.25, 0.3) is 0 Å². The summed E-state index contributed by atoms with van der Waals surface area (Å²) in [5.74, 6) is 0.463. The molecule has 1 atom stereocenters. The third-order valence-corrected chi connectivity index (χ3v) is 3.98. The maximum atomic E-state index is 11.9. The van der Waals surface area contributed by atoms with Crippen molar-refractivity contribution < 1.29 is 4.79 Å². The lowest BCUT2D eigenvalue weighted by atomic mass is 9.96. The van der Waals surface area contributed by atoms with Gasteiger partial charge in [-0.25, -0.2) is 0 Å². The lowest BCUT2D eigenvalue weighted by Crippen LogP contribution is -2.15. The van der Waals surface area contributed by atoms with E-state index < -0.39 is 0 Å². The second-order valence-corrected chi connectivity index (χ2v) is 5.33. The van der Waals surface area contributed by atoms with Gasteiger partial charge in [-0.3, -0.25) is 4.79 Å². The van der Waals surface area contributed by atoms with Gasteiger partial charge in [-0.1, -0.05) is 42.6 Å². The van der Waals surface area contributed by atoms with Gasteiger partial charge in [-0.05, 0) is 37.4 Å². The Morgan fingerprint density at radius 2 is 2.11 bits per heavy atom. The number of nitrogens with one attached hydrogen (secondary N) is 1. The highest BCUT2D eigenvalue weighted by Crippen LogP contribution is 2.29. The van der Waals surface area contributed by atoms with Gasteiger partial charge in [-0.15, -0.1) is 0 Å². The van der Waals surface area contributed by atoms with Gasteiger partial charge in [0.25, 0.3) is 0 Å². The molecule has 1 unspecified atom stereocenters. The summed E-state index contributed by atoms with van der Waals surface area (Å²) >= 11 is 11.9. The van der Waals surface area contributed by atoms with Gasteiger partial charge >= 0.3 is 0 Å². The van der Waals surface area contributed by atoms with Crippen LogP contribution in [0.2, 0.25) is 10.0 Å². The van der Waals surface area contributed by atoms with E-state index >= 15 is 0 Å². The Labute approximate surface area is 124 Å². The molecule has 5 heteroatoms. The zero-order valence-electron chi connectivity index (χ0n) is 11.1. The summed E-state index contributed by atoms with van der Waals surface area (Å²) in [5.41, 5.74) is 6.10. The highest BCUT2D eigenvalue weighted by atomic mass is 35.5. The fourth-order valence-corrected chi connectivity index (χ4v) is 2.28. The highest BCUT2D eigenvalue weighted by Gasteiger charge is 2.11. The number of carbonyl (C=O) groups is 1. The molecule has 0 bridgehead atoms. The quantitative estimate of drug-likeness (QED) is 0.797. The molecule has 0 heterocycles. The first-order chi connectivity index (χ1) is 9.08. The first kappa shape index (κ1) is 16.3. The van der Waals surface area contributed by atoms with E-state index in [9.17, 15) is 4.79 Å². The second-order valence-electron chi connectivity index (χ2n) is 4.54. The van der Waals surface area contributed by atoms with Crippen molar-refractivity contribution in [3.8, 4) is 0 Å². The van der Waals surface area contributed by atoms with Crippen molar-refractivity contribution >= 4 is 34.8 Å². The van der Waals surface area contributed by atoms with Crippen molar-refractivity contribution in [1.29, 1.82) is 0 Å². The fourth-order valence-electron chi connectivity index (χ4n) is 1.94. The molecule has 0 aliphatic rings. The minimum atomic E-state index is -0.0420. The van der Waals surface area contributed by atoms with Crippen LogP contribution in [-0.2, 0) is 4.79 Å². The molecule has 0 fully saturated rings. The summed E-state index contributed by atoms with van der Waals surface area (Å²) in [6.45, 7) is 2.78. The zero-order valence-corrected chi connectivity index (χ0v) is 12.6. The predicted molar refractivity (Wildman–Crippen MR) is 81.8 cm³/mol. The Morgan fingerprint density at radius 3 is 2.74 bits per heavy atom. The Hall–Kier alpha value is -0.770. The molecule has 106 valence electrons. The van der Waals surface area contributed by atoms with Crippen LogP contribution in [0.15, 0.2) is 18.2 Å². The van der Waals surface area contributed by atoms with E-state index in [-0.39, 0.29) is 5.91 Å². The Bertz CT molecular complexity index is 424. The van der Waals surface area contributed by atoms with Crippen molar-refractivity contribution in [3.05, 3.63) is 28.2 Å². The van der Waals surface area contributed by atoms with Crippen LogP contribution in [0.3, 0.4) is 0 Å². The summed E-state index contributed by atoms with van der Waals surface area (Å²) in [7, 11) is 0. The average Bonchev–Trinajstić information content (AvgIpc) is 2.40. The van der Waals surface area contributed by atoms with Gasteiger partial charge < -0.3 is 11.1 Å². The minimum absolute atomic E-state index is 0.0420. The monoisotopic (exact) mass is 302 g/mol. The third kappa shape index (κ3) is 5.39. The summed E-state index contributed by atoms with van der Waals surface area (Å²) < 4.78 is 0. The third-order valence-electron chi connectivity index (χ3n) is 3.16. The normalized spacial score (nSPS) is 12.2. The van der Waals surface area contributed by atoms with Gasteiger partial charge in [0.15, 0.2) is 0 Å². The standard InChI is InChI=1S/C14H20Cl2N2O/c1-2-10(8-9-17)6-7-13(19)18-12-5-3-4-11(15)14(12)16/h3-5,10H,2,6-9,17H2,1H3,(H,18,19). The van der Waals surface area contributed by atoms with E-state index in [0.717, 1.165) is 19.3 Å². The molecule has 1 aromatic carbocycles. The van der Waals surface area contributed by atoms with E-state index in [0.29, 0.717) is 34.6 Å². The lowest BCUT2D eigenvalue weighted by Gasteiger charge is -2.13. The molecule has 0 aromatic heterocycles. The molecule has 0 radical (unpaired) electrons. The molecule has 1 rings (SSSR count).